The van der Waals surface area contributed by atoms with E-state index in [1.54, 1.807) is 0 Å². The molecule has 0 aromatic heterocycles. The number of halogens is 6. The molecule has 0 aliphatic carbocycles. The number of nitriles is 2. The lowest BCUT2D eigenvalue weighted by molar-refractivity contribution is -0.138. The summed E-state index contributed by atoms with van der Waals surface area (Å²) in [6.45, 7) is 0.485. The maximum Gasteiger partial charge on any atom is 0.417 e. The zero-order chi connectivity index (χ0) is 25.2. The summed E-state index contributed by atoms with van der Waals surface area (Å²) in [7, 11) is 0. The molecule has 2 aromatic carbocycles. The molecule has 0 aliphatic heterocycles. The smallest absolute Gasteiger partial charge is 0.417 e. The molecule has 0 bridgehead atoms. The Morgan fingerprint density at radius 1 is 0.588 bits per heavy atom. The van der Waals surface area contributed by atoms with Crippen LogP contribution >= 0.6 is 0 Å². The molecule has 10 heteroatoms. The van der Waals surface area contributed by atoms with Gasteiger partial charge in [-0.3, -0.25) is 0 Å². The molecule has 0 aliphatic rings. The Labute approximate surface area is 193 Å². The van der Waals surface area contributed by atoms with Gasteiger partial charge in [0, 0.05) is 0 Å². The third-order valence-corrected chi connectivity index (χ3v) is 4.91. The number of benzene rings is 2. The van der Waals surface area contributed by atoms with Crippen LogP contribution in [0.1, 0.15) is 60.8 Å². The van der Waals surface area contributed by atoms with Crippen LogP contribution in [0, 0.1) is 22.7 Å². The van der Waals surface area contributed by atoms with Gasteiger partial charge in [0.2, 0.25) is 0 Å². The molecule has 0 unspecified atom stereocenters. The van der Waals surface area contributed by atoms with E-state index in [0.29, 0.717) is 12.8 Å². The minimum Gasteiger partial charge on any atom is -0.494 e. The fourth-order valence-electron chi connectivity index (χ4n) is 3.18. The number of nitrogens with zero attached hydrogens (tertiary/aromatic N) is 2. The molecule has 4 nitrogen and oxygen atoms in total. The van der Waals surface area contributed by atoms with Crippen molar-refractivity contribution in [3.63, 3.8) is 0 Å². The van der Waals surface area contributed by atoms with Gasteiger partial charge < -0.3 is 9.47 Å². The predicted molar refractivity (Wildman–Crippen MR) is 111 cm³/mol. The Balaban J connectivity index is 1.62. The molecule has 0 N–H and O–H groups in total. The first-order chi connectivity index (χ1) is 16.1. The second-order valence-corrected chi connectivity index (χ2v) is 7.45. The molecule has 0 fully saturated rings. The van der Waals surface area contributed by atoms with Crippen molar-refractivity contribution < 1.29 is 35.8 Å². The maximum atomic E-state index is 13.0. The summed E-state index contributed by atoms with van der Waals surface area (Å²) >= 11 is 0. The van der Waals surface area contributed by atoms with E-state index in [-0.39, 0.29) is 24.7 Å². The van der Waals surface area contributed by atoms with Crippen LogP contribution in [0.5, 0.6) is 11.5 Å². The average molecular weight is 484 g/mol. The summed E-state index contributed by atoms with van der Waals surface area (Å²) in [6.07, 6.45) is -4.66. The van der Waals surface area contributed by atoms with Crippen LogP contribution in [-0.4, -0.2) is 13.2 Å². The van der Waals surface area contributed by atoms with Gasteiger partial charge in [-0.25, -0.2) is 0 Å². The normalized spacial score (nSPS) is 11.5. The maximum absolute atomic E-state index is 13.0. The topological polar surface area (TPSA) is 66.0 Å². The molecule has 0 spiro atoms. The van der Waals surface area contributed by atoms with Crippen molar-refractivity contribution in [1.29, 1.82) is 10.5 Å². The molecule has 0 amide bonds. The summed E-state index contributed by atoms with van der Waals surface area (Å²) in [5.74, 6) is 0.111. The van der Waals surface area contributed by atoms with Crippen LogP contribution in [0.4, 0.5) is 26.3 Å². The number of ether oxygens (including phenoxy) is 2. The third kappa shape index (κ3) is 8.18. The third-order valence-electron chi connectivity index (χ3n) is 4.91. The van der Waals surface area contributed by atoms with E-state index in [1.807, 2.05) is 0 Å². The number of hydrogen-bond acceptors (Lipinski definition) is 4. The molecule has 0 atom stereocenters. The Morgan fingerprint density at radius 3 is 1.26 bits per heavy atom. The zero-order valence-corrected chi connectivity index (χ0v) is 18.1. The van der Waals surface area contributed by atoms with Crippen LogP contribution in [-0.2, 0) is 12.4 Å². The van der Waals surface area contributed by atoms with Crippen molar-refractivity contribution in [2.75, 3.05) is 13.2 Å². The summed E-state index contributed by atoms with van der Waals surface area (Å²) < 4.78 is 88.4. The molecule has 2 aromatic rings. The Bertz CT molecular complexity index is 952. The average Bonchev–Trinajstić information content (AvgIpc) is 2.78. The minimum atomic E-state index is -4.63. The zero-order valence-electron chi connectivity index (χ0n) is 18.1. The van der Waals surface area contributed by atoms with Crippen molar-refractivity contribution >= 4 is 0 Å². The highest BCUT2D eigenvalue weighted by Gasteiger charge is 2.34. The molecule has 0 radical (unpaired) electrons. The van der Waals surface area contributed by atoms with E-state index in [0.717, 1.165) is 49.9 Å². The van der Waals surface area contributed by atoms with E-state index in [1.165, 1.54) is 24.3 Å². The molecule has 2 rings (SSSR count). The van der Waals surface area contributed by atoms with Crippen LogP contribution in [0.25, 0.3) is 0 Å². The monoisotopic (exact) mass is 484 g/mol. The van der Waals surface area contributed by atoms with Crippen LogP contribution < -0.4 is 9.47 Å². The second-order valence-electron chi connectivity index (χ2n) is 7.45. The Hall–Kier alpha value is -3.40. The standard InChI is InChI=1S/C24H22F6N2O2/c25-23(26,27)21-13-19(9-7-17(21)15-31)33-11-5-3-1-2-4-6-12-34-20-10-8-18(16-32)22(14-20)24(28,29)30/h7-10,13-14H,1-6,11-12H2. The highest BCUT2D eigenvalue weighted by molar-refractivity contribution is 5.45. The van der Waals surface area contributed by atoms with Gasteiger partial charge in [-0.1, -0.05) is 25.7 Å². The van der Waals surface area contributed by atoms with E-state index in [4.69, 9.17) is 20.0 Å². The number of alkyl halides is 6. The van der Waals surface area contributed by atoms with Gasteiger partial charge in [0.15, 0.2) is 0 Å². The SMILES string of the molecule is N#Cc1ccc(OCCCCCCCCOc2ccc(C#N)c(C(F)(F)F)c2)cc1C(F)(F)F. The van der Waals surface area contributed by atoms with Gasteiger partial charge in [-0.2, -0.15) is 36.9 Å². The fraction of sp³-hybridized carbons (Fsp3) is 0.417. The Kier molecular flexibility index (Phi) is 9.61. The first-order valence-corrected chi connectivity index (χ1v) is 10.5. The molecular formula is C24H22F6N2O2. The van der Waals surface area contributed by atoms with Crippen LogP contribution in [0.15, 0.2) is 36.4 Å². The number of rotatable bonds is 11. The van der Waals surface area contributed by atoms with E-state index < -0.39 is 34.6 Å². The van der Waals surface area contributed by atoms with Crippen molar-refractivity contribution in [3.8, 4) is 23.6 Å². The second kappa shape index (κ2) is 12.2. The van der Waals surface area contributed by atoms with Crippen molar-refractivity contribution in [3.05, 3.63) is 58.7 Å². The van der Waals surface area contributed by atoms with Gasteiger partial charge in [0.25, 0.3) is 0 Å². The first-order valence-electron chi connectivity index (χ1n) is 10.5. The van der Waals surface area contributed by atoms with Gasteiger partial charge in [-0.05, 0) is 49.2 Å². The summed E-state index contributed by atoms with van der Waals surface area (Å²) in [6, 6.07) is 9.51. The first kappa shape index (κ1) is 26.8. The highest BCUT2D eigenvalue weighted by atomic mass is 19.4. The van der Waals surface area contributed by atoms with Crippen molar-refractivity contribution in [2.24, 2.45) is 0 Å². The Morgan fingerprint density at radius 2 is 0.941 bits per heavy atom. The van der Waals surface area contributed by atoms with Crippen molar-refractivity contribution in [2.45, 2.75) is 50.9 Å². The lowest BCUT2D eigenvalue weighted by atomic mass is 10.1. The number of hydrogen-bond donors (Lipinski definition) is 0. The summed E-state index contributed by atoms with van der Waals surface area (Å²) in [5, 5.41) is 17.6. The van der Waals surface area contributed by atoms with E-state index in [2.05, 4.69) is 0 Å². The van der Waals surface area contributed by atoms with E-state index in [9.17, 15) is 26.3 Å². The molecule has 0 saturated carbocycles. The molecule has 182 valence electrons. The van der Waals surface area contributed by atoms with Crippen LogP contribution in [0.3, 0.4) is 0 Å². The summed E-state index contributed by atoms with van der Waals surface area (Å²) in [5.41, 5.74) is -2.96. The van der Waals surface area contributed by atoms with Crippen LogP contribution in [0.2, 0.25) is 0 Å². The number of unbranched alkanes of at least 4 members (excludes halogenated alkanes) is 5. The fourth-order valence-corrected chi connectivity index (χ4v) is 3.18. The molecule has 0 saturated heterocycles. The van der Waals surface area contributed by atoms with Crippen molar-refractivity contribution in [1.82, 2.24) is 0 Å². The molecule has 34 heavy (non-hydrogen) atoms. The highest BCUT2D eigenvalue weighted by Crippen LogP contribution is 2.35. The lowest BCUT2D eigenvalue weighted by Gasteiger charge is -2.12. The largest absolute Gasteiger partial charge is 0.494 e. The van der Waals surface area contributed by atoms with Gasteiger partial charge in [0.1, 0.15) is 11.5 Å². The quantitative estimate of drug-likeness (QED) is 0.249. The summed E-state index contributed by atoms with van der Waals surface area (Å²) in [4.78, 5) is 0. The van der Waals surface area contributed by atoms with Gasteiger partial charge >= 0.3 is 12.4 Å². The van der Waals surface area contributed by atoms with Gasteiger partial charge in [0.05, 0.1) is 47.6 Å². The predicted octanol–water partition coefficient (Wildman–Crippen LogP) is 7.27. The molecular weight excluding hydrogens is 462 g/mol. The van der Waals surface area contributed by atoms with Gasteiger partial charge in [-0.15, -0.1) is 0 Å². The minimum absolute atomic E-state index is 0.0555. The molecule has 0 heterocycles. The lowest BCUT2D eigenvalue weighted by Crippen LogP contribution is -2.08. The van der Waals surface area contributed by atoms with E-state index >= 15 is 0 Å².